The van der Waals surface area contributed by atoms with Gasteiger partial charge in [-0.1, -0.05) is 126 Å². The zero-order valence-electron chi connectivity index (χ0n) is 38.0. The number of phosphoric ester groups is 1. The van der Waals surface area contributed by atoms with E-state index in [1.165, 1.54) is 49.0 Å². The summed E-state index contributed by atoms with van der Waals surface area (Å²) in [6.07, 6.45) is 41.3. The molecule has 2 rings (SSSR count). The van der Waals surface area contributed by atoms with Crippen LogP contribution in [0.25, 0.3) is 0 Å². The fourth-order valence-electron chi connectivity index (χ4n) is 6.70. The number of carbonyl (C=O) groups excluding carboxylic acids is 2. The molecule has 0 spiro atoms. The number of allylic oxidation sites excluding steroid dienone is 8. The molecule has 1 aromatic rings. The van der Waals surface area contributed by atoms with E-state index in [9.17, 15) is 19.0 Å². The van der Waals surface area contributed by atoms with Gasteiger partial charge < -0.3 is 29.3 Å². The van der Waals surface area contributed by atoms with E-state index in [-0.39, 0.29) is 32.6 Å². The van der Waals surface area contributed by atoms with Gasteiger partial charge in [0, 0.05) is 32.2 Å². The van der Waals surface area contributed by atoms with Crippen LogP contribution in [0.4, 0.5) is 0 Å². The molecule has 11 nitrogen and oxygen atoms in total. The number of phosphoric acid groups is 1. The van der Waals surface area contributed by atoms with Crippen molar-refractivity contribution in [3.63, 3.8) is 0 Å². The molecule has 346 valence electrons. The zero-order valence-corrected chi connectivity index (χ0v) is 38.9. The quantitative estimate of drug-likeness (QED) is 0.0214. The Balaban J connectivity index is 1.58. The molecule has 1 fully saturated rings. The Morgan fingerprint density at radius 1 is 0.689 bits per heavy atom. The van der Waals surface area contributed by atoms with Crippen LogP contribution in [-0.4, -0.2) is 61.5 Å². The van der Waals surface area contributed by atoms with Gasteiger partial charge in [-0.05, 0) is 89.2 Å². The molecule has 61 heavy (non-hydrogen) atoms. The first-order chi connectivity index (χ1) is 29.6. The van der Waals surface area contributed by atoms with E-state index in [2.05, 4.69) is 76.3 Å². The number of furan rings is 1. The first-order valence-electron chi connectivity index (χ1n) is 23.2. The fraction of sp³-hybridized carbons (Fsp3) is 0.673. The lowest BCUT2D eigenvalue weighted by molar-refractivity contribution is -0.161. The van der Waals surface area contributed by atoms with E-state index in [1.807, 2.05) is 12.2 Å². The zero-order chi connectivity index (χ0) is 44.4. The Morgan fingerprint density at radius 3 is 1.82 bits per heavy atom. The largest absolute Gasteiger partial charge is 0.472 e. The van der Waals surface area contributed by atoms with Crippen molar-refractivity contribution in [2.45, 2.75) is 187 Å². The number of rotatable bonds is 38. The summed E-state index contributed by atoms with van der Waals surface area (Å²) in [5, 5.41) is 0. The fourth-order valence-corrected chi connectivity index (χ4v) is 7.47. The highest BCUT2D eigenvalue weighted by atomic mass is 31.2. The molecule has 1 aromatic heterocycles. The lowest BCUT2D eigenvalue weighted by Gasteiger charge is -2.19. The molecule has 3 unspecified atom stereocenters. The molecule has 0 aliphatic carbocycles. The molecule has 0 radical (unpaired) electrons. The number of carbonyl (C=O) groups is 2. The predicted molar refractivity (Wildman–Crippen MR) is 245 cm³/mol. The van der Waals surface area contributed by atoms with Crippen molar-refractivity contribution in [2.24, 2.45) is 5.73 Å². The van der Waals surface area contributed by atoms with Gasteiger partial charge in [0.15, 0.2) is 6.10 Å². The van der Waals surface area contributed by atoms with Crippen molar-refractivity contribution in [1.29, 1.82) is 0 Å². The van der Waals surface area contributed by atoms with Gasteiger partial charge >= 0.3 is 19.8 Å². The highest BCUT2D eigenvalue weighted by molar-refractivity contribution is 7.47. The lowest BCUT2D eigenvalue weighted by atomic mass is 10.0. The highest BCUT2D eigenvalue weighted by Gasteiger charge is 2.36. The Bertz CT molecular complexity index is 1530. The molecule has 0 saturated carbocycles. The Kier molecular flexibility index (Phi) is 30.5. The van der Waals surface area contributed by atoms with Gasteiger partial charge in [-0.3, -0.25) is 18.6 Å². The Hall–Kier alpha value is -3.05. The molecule has 0 aromatic carbocycles. The number of epoxide rings is 1. The van der Waals surface area contributed by atoms with Crippen LogP contribution >= 0.6 is 7.82 Å². The molecule has 0 amide bonds. The molecule has 1 saturated heterocycles. The van der Waals surface area contributed by atoms with E-state index in [1.54, 1.807) is 0 Å². The number of esters is 2. The van der Waals surface area contributed by atoms with Crippen molar-refractivity contribution in [3.05, 3.63) is 83.4 Å². The molecule has 3 N–H and O–H groups in total. The van der Waals surface area contributed by atoms with Crippen molar-refractivity contribution < 1.29 is 46.7 Å². The minimum absolute atomic E-state index is 0.0328. The van der Waals surface area contributed by atoms with Crippen LogP contribution < -0.4 is 5.73 Å². The van der Waals surface area contributed by atoms with E-state index in [0.717, 1.165) is 89.2 Å². The van der Waals surface area contributed by atoms with Crippen LogP contribution in [0.15, 0.2) is 65.2 Å². The summed E-state index contributed by atoms with van der Waals surface area (Å²) < 4.78 is 44.7. The van der Waals surface area contributed by atoms with Crippen molar-refractivity contribution in [2.75, 3.05) is 26.4 Å². The first-order valence-corrected chi connectivity index (χ1v) is 24.7. The van der Waals surface area contributed by atoms with E-state index < -0.39 is 32.5 Å². The average Bonchev–Trinajstić information content (AvgIpc) is 3.94. The SMILES string of the molecule is CC/C=C\CC1OC1C/C=C\C/C=C\C/C=C\C/C=C\CCC(=O)OC[C@H](COP(=O)(O)OCCN)OC(=O)CCCCCCCCCCc1oc(CCCCC)c(C)c1C. The molecule has 4 atom stereocenters. The summed E-state index contributed by atoms with van der Waals surface area (Å²) >= 11 is 0. The second kappa shape index (κ2) is 34.4. The number of ether oxygens (including phenoxy) is 3. The maximum Gasteiger partial charge on any atom is 0.472 e. The number of nitrogens with two attached hydrogens (primary N) is 1. The summed E-state index contributed by atoms with van der Waals surface area (Å²) in [5.74, 6) is 1.36. The lowest BCUT2D eigenvalue weighted by Crippen LogP contribution is -2.29. The number of hydrogen-bond donors (Lipinski definition) is 2. The third-order valence-corrected chi connectivity index (χ3v) is 11.5. The van der Waals surface area contributed by atoms with Crippen molar-refractivity contribution in [1.82, 2.24) is 0 Å². The van der Waals surface area contributed by atoms with Crippen molar-refractivity contribution >= 4 is 19.8 Å². The maximum absolute atomic E-state index is 12.7. The summed E-state index contributed by atoms with van der Waals surface area (Å²) in [6.45, 7) is 7.81. The van der Waals surface area contributed by atoms with Gasteiger partial charge in [0.2, 0.25) is 0 Å². The number of hydrogen-bond acceptors (Lipinski definition) is 10. The van der Waals surface area contributed by atoms with Gasteiger partial charge in [0.25, 0.3) is 0 Å². The molecule has 2 heterocycles. The third-order valence-electron chi connectivity index (χ3n) is 10.5. The standard InChI is InChI=1S/C49H80NO10P/c1-5-7-25-31-44-41(3)42(4)45(59-44)32-27-21-17-15-16-20-24-30-36-49(52)58-43(40-57-61(53,54)56-38-37-50)39-55-48(51)35-29-23-19-14-12-10-9-11-13-18-22-28-34-47-46(60-47)33-26-8-6-2/h8,10-13,19,22-23,26,28,43,46-47H,5-7,9,14-18,20-21,24-25,27,29-40,50H2,1-4H3,(H,53,54)/b12-10-,13-11-,23-19-,26-8-,28-22-/t43-,46?,47?/m1/s1. The van der Waals surface area contributed by atoms with Crippen LogP contribution in [0, 0.1) is 13.8 Å². The molecular formula is C49H80NO10P. The normalized spacial score (nSPS) is 17.1. The number of aryl methyl sites for hydroxylation is 2. The van der Waals surface area contributed by atoms with Crippen LogP contribution in [0.2, 0.25) is 0 Å². The summed E-state index contributed by atoms with van der Waals surface area (Å²) in [7, 11) is -4.42. The third kappa shape index (κ3) is 27.6. The second-order valence-corrected chi connectivity index (χ2v) is 17.3. The highest BCUT2D eigenvalue weighted by Crippen LogP contribution is 2.43. The molecule has 1 aliphatic heterocycles. The maximum atomic E-state index is 12.7. The molecule has 12 heteroatoms. The van der Waals surface area contributed by atoms with Crippen LogP contribution in [0.3, 0.4) is 0 Å². The monoisotopic (exact) mass is 874 g/mol. The van der Waals surface area contributed by atoms with Gasteiger partial charge in [0.05, 0.1) is 25.4 Å². The van der Waals surface area contributed by atoms with E-state index in [4.69, 9.17) is 33.4 Å². The minimum Gasteiger partial charge on any atom is -0.466 e. The summed E-state index contributed by atoms with van der Waals surface area (Å²) in [4.78, 5) is 35.0. The van der Waals surface area contributed by atoms with Gasteiger partial charge in [0.1, 0.15) is 18.1 Å². The van der Waals surface area contributed by atoms with Gasteiger partial charge in [-0.15, -0.1) is 0 Å². The summed E-state index contributed by atoms with van der Waals surface area (Å²) in [5.41, 5.74) is 8.00. The minimum atomic E-state index is -4.42. The topological polar surface area (TPSA) is 160 Å². The summed E-state index contributed by atoms with van der Waals surface area (Å²) in [6, 6.07) is 0. The Morgan fingerprint density at radius 2 is 1.23 bits per heavy atom. The first kappa shape index (κ1) is 54.1. The van der Waals surface area contributed by atoms with E-state index >= 15 is 0 Å². The van der Waals surface area contributed by atoms with Crippen LogP contribution in [-0.2, 0) is 50.3 Å². The molecular weight excluding hydrogens is 794 g/mol. The molecule has 0 bridgehead atoms. The molecule has 1 aliphatic rings. The predicted octanol–water partition coefficient (Wildman–Crippen LogP) is 11.9. The Labute approximate surface area is 368 Å². The van der Waals surface area contributed by atoms with Gasteiger partial charge in [-0.2, -0.15) is 0 Å². The van der Waals surface area contributed by atoms with Crippen molar-refractivity contribution in [3.8, 4) is 0 Å². The number of unbranched alkanes of at least 4 members (excludes halogenated alkanes) is 9. The van der Waals surface area contributed by atoms with Gasteiger partial charge in [-0.25, -0.2) is 4.57 Å². The van der Waals surface area contributed by atoms with E-state index in [0.29, 0.717) is 25.0 Å². The van der Waals surface area contributed by atoms with Crippen LogP contribution in [0.1, 0.15) is 165 Å². The van der Waals surface area contributed by atoms with Crippen LogP contribution in [0.5, 0.6) is 0 Å². The average molecular weight is 874 g/mol. The smallest absolute Gasteiger partial charge is 0.466 e. The second-order valence-electron chi connectivity index (χ2n) is 15.9.